The Bertz CT molecular complexity index is 696. The summed E-state index contributed by atoms with van der Waals surface area (Å²) in [6, 6.07) is 1.92. The smallest absolute Gasteiger partial charge is 0.358 e. The van der Waals surface area contributed by atoms with Crippen molar-refractivity contribution in [1.82, 2.24) is 24.9 Å². The van der Waals surface area contributed by atoms with Crippen molar-refractivity contribution in [3.63, 3.8) is 0 Å². The van der Waals surface area contributed by atoms with Crippen molar-refractivity contribution >= 4 is 23.3 Å². The molecule has 0 aliphatic carbocycles. The van der Waals surface area contributed by atoms with E-state index in [2.05, 4.69) is 15.5 Å². The van der Waals surface area contributed by atoms with Gasteiger partial charge < -0.3 is 15.4 Å². The van der Waals surface area contributed by atoms with Gasteiger partial charge in [0.05, 0.1) is 17.8 Å². The second-order valence-electron chi connectivity index (χ2n) is 4.97. The number of nitrogens with one attached hydrogen (secondary N) is 1. The lowest BCUT2D eigenvalue weighted by atomic mass is 10.3. The third-order valence-corrected chi connectivity index (χ3v) is 3.50. The lowest BCUT2D eigenvalue weighted by Gasteiger charge is -2.06. The van der Waals surface area contributed by atoms with Gasteiger partial charge in [0.15, 0.2) is 5.02 Å². The fourth-order valence-electron chi connectivity index (χ4n) is 2.02. The maximum Gasteiger partial charge on any atom is 0.408 e. The Kier molecular flexibility index (Phi) is 5.69. The summed E-state index contributed by atoms with van der Waals surface area (Å²) < 4.78 is 3.17. The molecule has 0 unspecified atom stereocenters. The maximum absolute atomic E-state index is 11.7. The monoisotopic (exact) mass is 340 g/mol. The highest BCUT2D eigenvalue weighted by Gasteiger charge is 2.19. The van der Waals surface area contributed by atoms with Gasteiger partial charge in [0.2, 0.25) is 5.91 Å². The lowest BCUT2D eigenvalue weighted by Crippen LogP contribution is -2.26. The summed E-state index contributed by atoms with van der Waals surface area (Å²) >= 11 is 5.69. The number of carbonyl (C=O) groups excluding carboxylic acids is 1. The number of hydrogen-bond acceptors (Lipinski definition) is 5. The van der Waals surface area contributed by atoms with E-state index >= 15 is 0 Å². The highest BCUT2D eigenvalue weighted by Crippen LogP contribution is 2.21. The molecule has 0 saturated heterocycles. The van der Waals surface area contributed by atoms with Crippen LogP contribution >= 0.6 is 11.6 Å². The molecule has 0 atom stereocenters. The predicted octanol–water partition coefficient (Wildman–Crippen LogP) is 1.55. The second-order valence-corrected chi connectivity index (χ2v) is 5.38. The minimum atomic E-state index is -0.657. The number of nitro groups is 1. The van der Waals surface area contributed by atoms with E-state index in [4.69, 9.17) is 11.6 Å². The van der Waals surface area contributed by atoms with Gasteiger partial charge in [-0.1, -0.05) is 11.6 Å². The van der Waals surface area contributed by atoms with E-state index in [1.807, 2.05) is 17.7 Å². The summed E-state index contributed by atoms with van der Waals surface area (Å²) in [5.41, 5.74) is 1.08. The summed E-state index contributed by atoms with van der Waals surface area (Å²) in [4.78, 5) is 21.7. The zero-order chi connectivity index (χ0) is 16.8. The molecule has 0 bridgehead atoms. The van der Waals surface area contributed by atoms with Gasteiger partial charge in [0.25, 0.3) is 0 Å². The zero-order valence-corrected chi connectivity index (χ0v) is 13.4. The van der Waals surface area contributed by atoms with E-state index in [1.54, 1.807) is 6.20 Å². The molecule has 0 saturated carbocycles. The number of halogens is 1. The van der Waals surface area contributed by atoms with Crippen molar-refractivity contribution in [2.45, 2.75) is 32.9 Å². The van der Waals surface area contributed by atoms with Crippen molar-refractivity contribution in [3.8, 4) is 0 Å². The summed E-state index contributed by atoms with van der Waals surface area (Å²) in [6.45, 7) is 3.48. The Morgan fingerprint density at radius 2 is 2.26 bits per heavy atom. The molecule has 1 N–H and O–H groups in total. The highest BCUT2D eigenvalue weighted by atomic mass is 35.5. The average molecular weight is 341 g/mol. The molecule has 0 fully saturated rings. The second kappa shape index (κ2) is 7.73. The number of amides is 1. The standard InChI is InChI=1S/C13H17ClN6O3/c1-10-3-6-16-19(10)7-2-5-15-12(21)4-8-18-9-11(14)13(17-18)20(22)23/h3,6,9H,2,4-5,7-8H2,1H3,(H,15,21). The van der Waals surface area contributed by atoms with E-state index < -0.39 is 10.7 Å². The largest absolute Gasteiger partial charge is 0.408 e. The molecule has 2 aromatic heterocycles. The van der Waals surface area contributed by atoms with Crippen LogP contribution in [0.2, 0.25) is 5.02 Å². The molecule has 0 aliphatic heterocycles. The van der Waals surface area contributed by atoms with Crippen LogP contribution in [0.4, 0.5) is 5.82 Å². The molecule has 2 heterocycles. The number of aromatic nitrogens is 4. The average Bonchev–Trinajstić information content (AvgIpc) is 3.07. The molecule has 0 spiro atoms. The predicted molar refractivity (Wildman–Crippen MR) is 83.1 cm³/mol. The van der Waals surface area contributed by atoms with Crippen LogP contribution in [0, 0.1) is 17.0 Å². The topological polar surface area (TPSA) is 108 Å². The normalized spacial score (nSPS) is 10.7. The Hall–Kier alpha value is -2.42. The van der Waals surface area contributed by atoms with Gasteiger partial charge in [-0.2, -0.15) is 9.78 Å². The third kappa shape index (κ3) is 4.78. The van der Waals surface area contributed by atoms with E-state index in [0.717, 1.165) is 18.7 Å². The van der Waals surface area contributed by atoms with Gasteiger partial charge in [0.1, 0.15) is 0 Å². The van der Waals surface area contributed by atoms with Crippen molar-refractivity contribution < 1.29 is 9.72 Å². The molecule has 2 aromatic rings. The van der Waals surface area contributed by atoms with Crippen LogP contribution in [0.15, 0.2) is 18.5 Å². The van der Waals surface area contributed by atoms with Crippen molar-refractivity contribution in [2.24, 2.45) is 0 Å². The van der Waals surface area contributed by atoms with Gasteiger partial charge in [-0.3, -0.25) is 9.48 Å². The van der Waals surface area contributed by atoms with Gasteiger partial charge in [-0.15, -0.1) is 0 Å². The Morgan fingerprint density at radius 3 is 2.87 bits per heavy atom. The molecule has 0 radical (unpaired) electrons. The van der Waals surface area contributed by atoms with E-state index in [1.165, 1.54) is 10.9 Å². The number of nitrogens with zero attached hydrogens (tertiary/aromatic N) is 5. The van der Waals surface area contributed by atoms with Gasteiger partial charge >= 0.3 is 5.82 Å². The first-order chi connectivity index (χ1) is 11.0. The van der Waals surface area contributed by atoms with Gasteiger partial charge in [-0.05, 0) is 24.3 Å². The van der Waals surface area contributed by atoms with Crippen LogP contribution in [0.5, 0.6) is 0 Å². The van der Waals surface area contributed by atoms with Crippen molar-refractivity contribution in [3.05, 3.63) is 39.3 Å². The molecule has 124 valence electrons. The summed E-state index contributed by atoms with van der Waals surface area (Å²) in [5, 5.41) is 21.3. The van der Waals surface area contributed by atoms with Crippen molar-refractivity contribution in [1.29, 1.82) is 0 Å². The number of rotatable bonds is 8. The first-order valence-corrected chi connectivity index (χ1v) is 7.47. The molecule has 0 aromatic carbocycles. The molecule has 2 rings (SSSR count). The molecule has 0 aliphatic rings. The van der Waals surface area contributed by atoms with Crippen LogP contribution < -0.4 is 5.32 Å². The van der Waals surface area contributed by atoms with Crippen LogP contribution in [-0.2, 0) is 17.9 Å². The van der Waals surface area contributed by atoms with E-state index in [9.17, 15) is 14.9 Å². The van der Waals surface area contributed by atoms with E-state index in [0.29, 0.717) is 6.54 Å². The number of carbonyl (C=O) groups is 1. The van der Waals surface area contributed by atoms with Crippen LogP contribution in [0.1, 0.15) is 18.5 Å². The SMILES string of the molecule is Cc1ccnn1CCCNC(=O)CCn1cc(Cl)c([N+](=O)[O-])n1. The Balaban J connectivity index is 1.68. The lowest BCUT2D eigenvalue weighted by molar-refractivity contribution is -0.389. The molecule has 9 nitrogen and oxygen atoms in total. The van der Waals surface area contributed by atoms with Crippen molar-refractivity contribution in [2.75, 3.05) is 6.54 Å². The fraction of sp³-hybridized carbons (Fsp3) is 0.462. The number of hydrogen-bond donors (Lipinski definition) is 1. The molecular formula is C13H17ClN6O3. The Morgan fingerprint density at radius 1 is 1.48 bits per heavy atom. The summed E-state index contributed by atoms with van der Waals surface area (Å²) in [6.07, 6.45) is 4.03. The van der Waals surface area contributed by atoms with E-state index in [-0.39, 0.29) is 23.9 Å². The fourth-order valence-corrected chi connectivity index (χ4v) is 2.24. The maximum atomic E-state index is 11.7. The van der Waals surface area contributed by atoms with Crippen LogP contribution in [0.3, 0.4) is 0 Å². The number of aryl methyl sites for hydroxylation is 3. The minimum absolute atomic E-state index is 0.0370. The van der Waals surface area contributed by atoms with Crippen LogP contribution in [-0.4, -0.2) is 36.9 Å². The molecule has 10 heteroatoms. The van der Waals surface area contributed by atoms with Crippen LogP contribution in [0.25, 0.3) is 0 Å². The molecule has 23 heavy (non-hydrogen) atoms. The first-order valence-electron chi connectivity index (χ1n) is 7.10. The quantitative estimate of drug-likeness (QED) is 0.445. The molecule has 1 amide bonds. The first kappa shape index (κ1) is 16.9. The van der Waals surface area contributed by atoms with Gasteiger partial charge in [0, 0.05) is 31.4 Å². The summed E-state index contributed by atoms with van der Waals surface area (Å²) in [5.74, 6) is -0.543. The van der Waals surface area contributed by atoms with Gasteiger partial charge in [-0.25, -0.2) is 0 Å². The minimum Gasteiger partial charge on any atom is -0.358 e. The highest BCUT2D eigenvalue weighted by molar-refractivity contribution is 6.32. The molecular weight excluding hydrogens is 324 g/mol. The summed E-state index contributed by atoms with van der Waals surface area (Å²) in [7, 11) is 0. The Labute approximate surface area is 137 Å². The third-order valence-electron chi connectivity index (χ3n) is 3.24. The zero-order valence-electron chi connectivity index (χ0n) is 12.6.